The number of hydrogen-bond donors (Lipinski definition) is 2. The standard InChI is InChI=1S/C20H21FN4O4S/c1-20(2,3)30(27,28)17-11-25-15(10-22-18(25)7-16(17)29-5-4-26)12-6-13-14(21)9-24-19(13)23-8-12/h6-11,26H,4-5H2,1-3H3,(H,23,24). The van der Waals surface area contributed by atoms with Gasteiger partial charge in [0.1, 0.15) is 34.4 Å². The Morgan fingerprint density at radius 2 is 2.00 bits per heavy atom. The topological polar surface area (TPSA) is 110 Å². The zero-order valence-corrected chi connectivity index (χ0v) is 17.5. The second kappa shape index (κ2) is 7.06. The maximum Gasteiger partial charge on any atom is 0.188 e. The quantitative estimate of drug-likeness (QED) is 0.502. The van der Waals surface area contributed by atoms with E-state index in [0.29, 0.717) is 27.9 Å². The van der Waals surface area contributed by atoms with E-state index < -0.39 is 20.4 Å². The lowest BCUT2D eigenvalue weighted by Gasteiger charge is -2.21. The lowest BCUT2D eigenvalue weighted by atomic mass is 10.2. The van der Waals surface area contributed by atoms with Gasteiger partial charge in [0.2, 0.25) is 0 Å². The molecule has 4 aromatic heterocycles. The summed E-state index contributed by atoms with van der Waals surface area (Å²) in [4.78, 5) is 11.3. The lowest BCUT2D eigenvalue weighted by molar-refractivity contribution is 0.198. The van der Waals surface area contributed by atoms with Crippen molar-refractivity contribution in [2.24, 2.45) is 0 Å². The zero-order valence-electron chi connectivity index (χ0n) is 16.7. The number of imidazole rings is 1. The van der Waals surface area contributed by atoms with Crippen LogP contribution in [0.25, 0.3) is 27.9 Å². The molecule has 0 atom stereocenters. The van der Waals surface area contributed by atoms with Gasteiger partial charge in [-0.05, 0) is 26.8 Å². The summed E-state index contributed by atoms with van der Waals surface area (Å²) in [6, 6.07) is 3.15. The molecule has 8 nitrogen and oxygen atoms in total. The van der Waals surface area contributed by atoms with Crippen LogP contribution in [-0.2, 0) is 9.84 Å². The number of H-pyrrole nitrogens is 1. The predicted octanol–water partition coefficient (Wildman–Crippen LogP) is 2.96. The van der Waals surface area contributed by atoms with E-state index in [-0.39, 0.29) is 23.9 Å². The number of pyridine rings is 2. The third-order valence-corrected chi connectivity index (χ3v) is 7.29. The lowest BCUT2D eigenvalue weighted by Crippen LogP contribution is -2.28. The Kier molecular flexibility index (Phi) is 4.78. The Hall–Kier alpha value is -2.98. The van der Waals surface area contributed by atoms with Crippen LogP contribution < -0.4 is 4.74 Å². The van der Waals surface area contributed by atoms with Crippen LogP contribution in [0, 0.1) is 5.82 Å². The number of hydrogen-bond acceptors (Lipinski definition) is 6. The summed E-state index contributed by atoms with van der Waals surface area (Å²) in [5, 5.41) is 9.43. The van der Waals surface area contributed by atoms with Crippen molar-refractivity contribution in [2.45, 2.75) is 30.4 Å². The highest BCUT2D eigenvalue weighted by Gasteiger charge is 2.34. The first-order valence-corrected chi connectivity index (χ1v) is 10.7. The van der Waals surface area contributed by atoms with Gasteiger partial charge in [-0.25, -0.2) is 22.8 Å². The van der Waals surface area contributed by atoms with E-state index in [2.05, 4.69) is 15.0 Å². The minimum atomic E-state index is -3.77. The van der Waals surface area contributed by atoms with Crippen molar-refractivity contribution in [1.82, 2.24) is 19.4 Å². The molecule has 158 valence electrons. The molecule has 0 saturated carbocycles. The molecule has 0 saturated heterocycles. The van der Waals surface area contributed by atoms with E-state index >= 15 is 0 Å². The van der Waals surface area contributed by atoms with Crippen LogP contribution in [0.5, 0.6) is 5.75 Å². The summed E-state index contributed by atoms with van der Waals surface area (Å²) in [5.41, 5.74) is 2.00. The van der Waals surface area contributed by atoms with Gasteiger partial charge in [-0.3, -0.25) is 4.40 Å². The van der Waals surface area contributed by atoms with E-state index in [1.807, 2.05) is 0 Å². The fourth-order valence-electron chi connectivity index (χ4n) is 3.11. The minimum Gasteiger partial charge on any atom is -0.490 e. The SMILES string of the molecule is CC(C)(C)S(=O)(=O)c1cn2c(-c3cnc4[nH]cc(F)c4c3)cnc2cc1OCCO. The van der Waals surface area contributed by atoms with Crippen molar-refractivity contribution in [3.05, 3.63) is 42.7 Å². The molecule has 4 heterocycles. The van der Waals surface area contributed by atoms with Gasteiger partial charge in [-0.1, -0.05) is 0 Å². The Morgan fingerprint density at radius 1 is 1.23 bits per heavy atom. The maximum atomic E-state index is 14.0. The van der Waals surface area contributed by atoms with Crippen molar-refractivity contribution >= 4 is 26.5 Å². The molecule has 4 rings (SSSR count). The fourth-order valence-corrected chi connectivity index (χ4v) is 4.40. The monoisotopic (exact) mass is 432 g/mol. The number of halogens is 1. The third-order valence-electron chi connectivity index (χ3n) is 4.80. The summed E-state index contributed by atoms with van der Waals surface area (Å²) in [6.07, 6.45) is 5.80. The number of fused-ring (bicyclic) bond motifs is 2. The normalized spacial score (nSPS) is 12.7. The summed E-state index contributed by atoms with van der Waals surface area (Å²) >= 11 is 0. The van der Waals surface area contributed by atoms with E-state index in [1.165, 1.54) is 18.5 Å². The molecule has 30 heavy (non-hydrogen) atoms. The summed E-state index contributed by atoms with van der Waals surface area (Å²) < 4.78 is 46.4. The third kappa shape index (κ3) is 3.21. The molecule has 0 amide bonds. The summed E-state index contributed by atoms with van der Waals surface area (Å²) in [6.45, 7) is 4.49. The second-order valence-corrected chi connectivity index (χ2v) is 10.5. The van der Waals surface area contributed by atoms with E-state index in [1.54, 1.807) is 43.6 Å². The first kappa shape index (κ1) is 20.3. The number of sulfone groups is 1. The fraction of sp³-hybridized carbons (Fsp3) is 0.300. The number of aromatic amines is 1. The first-order chi connectivity index (χ1) is 14.1. The van der Waals surface area contributed by atoms with Crippen LogP contribution in [0.2, 0.25) is 0 Å². The molecule has 0 bridgehead atoms. The number of aliphatic hydroxyl groups excluding tert-OH is 1. The van der Waals surface area contributed by atoms with Crippen LogP contribution >= 0.6 is 0 Å². The predicted molar refractivity (Wildman–Crippen MR) is 110 cm³/mol. The molecule has 0 aliphatic carbocycles. The van der Waals surface area contributed by atoms with Crippen LogP contribution in [0.1, 0.15) is 20.8 Å². The van der Waals surface area contributed by atoms with Gasteiger partial charge in [0.15, 0.2) is 9.84 Å². The number of ether oxygens (including phenoxy) is 1. The number of aliphatic hydroxyl groups is 1. The molecule has 0 unspecified atom stereocenters. The summed E-state index contributed by atoms with van der Waals surface area (Å²) in [7, 11) is -3.77. The van der Waals surface area contributed by atoms with Crippen molar-refractivity contribution in [3.8, 4) is 17.0 Å². The molecule has 2 N–H and O–H groups in total. The minimum absolute atomic E-state index is 0.0166. The van der Waals surface area contributed by atoms with E-state index in [4.69, 9.17) is 9.84 Å². The Bertz CT molecular complexity index is 1350. The van der Waals surface area contributed by atoms with Crippen molar-refractivity contribution in [3.63, 3.8) is 0 Å². The molecule has 10 heteroatoms. The average molecular weight is 432 g/mol. The van der Waals surface area contributed by atoms with Gasteiger partial charge < -0.3 is 14.8 Å². The first-order valence-electron chi connectivity index (χ1n) is 9.26. The molecule has 0 radical (unpaired) electrons. The molecule has 0 spiro atoms. The molecule has 0 aromatic carbocycles. The largest absolute Gasteiger partial charge is 0.490 e. The maximum absolute atomic E-state index is 14.0. The highest BCUT2D eigenvalue weighted by Crippen LogP contribution is 2.35. The van der Waals surface area contributed by atoms with Crippen LogP contribution in [-0.4, -0.2) is 50.8 Å². The molecule has 4 aromatic rings. The number of nitrogens with one attached hydrogen (secondary N) is 1. The van der Waals surface area contributed by atoms with Gasteiger partial charge in [0.05, 0.1) is 28.6 Å². The van der Waals surface area contributed by atoms with Gasteiger partial charge in [-0.15, -0.1) is 0 Å². The molecule has 0 aliphatic heterocycles. The molecule has 0 aliphatic rings. The molecular formula is C20H21FN4O4S. The van der Waals surface area contributed by atoms with E-state index in [0.717, 1.165) is 0 Å². The molecule has 0 fully saturated rings. The Morgan fingerprint density at radius 3 is 2.70 bits per heavy atom. The van der Waals surface area contributed by atoms with Crippen LogP contribution in [0.4, 0.5) is 4.39 Å². The van der Waals surface area contributed by atoms with Crippen molar-refractivity contribution in [1.29, 1.82) is 0 Å². The van der Waals surface area contributed by atoms with Crippen LogP contribution in [0.15, 0.2) is 41.8 Å². The number of rotatable bonds is 5. The number of aromatic nitrogens is 4. The highest BCUT2D eigenvalue weighted by molar-refractivity contribution is 7.92. The Labute approximate surface area is 172 Å². The zero-order chi connectivity index (χ0) is 21.7. The van der Waals surface area contributed by atoms with Crippen molar-refractivity contribution in [2.75, 3.05) is 13.2 Å². The van der Waals surface area contributed by atoms with Crippen molar-refractivity contribution < 1.29 is 22.7 Å². The van der Waals surface area contributed by atoms with Gasteiger partial charge in [0, 0.05) is 30.2 Å². The Balaban J connectivity index is 1.95. The second-order valence-electron chi connectivity index (χ2n) is 7.82. The summed E-state index contributed by atoms with van der Waals surface area (Å²) in [5.74, 6) is -0.308. The number of nitrogens with zero attached hydrogens (tertiary/aromatic N) is 3. The molecular weight excluding hydrogens is 411 g/mol. The smallest absolute Gasteiger partial charge is 0.188 e. The van der Waals surface area contributed by atoms with E-state index in [9.17, 15) is 12.8 Å². The average Bonchev–Trinajstić information content (AvgIpc) is 3.27. The van der Waals surface area contributed by atoms with Gasteiger partial charge >= 0.3 is 0 Å². The highest BCUT2D eigenvalue weighted by atomic mass is 32.2. The van der Waals surface area contributed by atoms with Gasteiger partial charge in [-0.2, -0.15) is 0 Å². The van der Waals surface area contributed by atoms with Crippen LogP contribution in [0.3, 0.4) is 0 Å². The van der Waals surface area contributed by atoms with Gasteiger partial charge in [0.25, 0.3) is 0 Å².